The molecule has 28 heavy (non-hydrogen) atoms. The molecule has 0 unspecified atom stereocenters. The Morgan fingerprint density at radius 2 is 1.71 bits per heavy atom. The van der Waals surface area contributed by atoms with Gasteiger partial charge in [-0.25, -0.2) is 13.0 Å². The quantitative estimate of drug-likeness (QED) is 0.587. The van der Waals surface area contributed by atoms with E-state index in [1.165, 1.54) is 12.3 Å². The van der Waals surface area contributed by atoms with Crippen LogP contribution in [0.4, 0.5) is 26.3 Å². The molecule has 0 aliphatic rings. The number of aromatic nitrogens is 3. The van der Waals surface area contributed by atoms with Gasteiger partial charge in [0.05, 0.1) is 28.0 Å². The molecule has 0 bridgehead atoms. The monoisotopic (exact) mass is 423 g/mol. The minimum Gasteiger partial charge on any atom is -0.255 e. The van der Waals surface area contributed by atoms with Crippen LogP contribution < -0.4 is 0 Å². The highest BCUT2D eigenvalue weighted by Gasteiger charge is 2.42. The van der Waals surface area contributed by atoms with Crippen LogP contribution in [0.25, 0.3) is 22.4 Å². The van der Waals surface area contributed by atoms with E-state index in [4.69, 9.17) is 0 Å². The van der Waals surface area contributed by atoms with Crippen molar-refractivity contribution in [3.05, 3.63) is 42.2 Å². The highest BCUT2D eigenvalue weighted by molar-refractivity contribution is 7.91. The van der Waals surface area contributed by atoms with Gasteiger partial charge in [-0.1, -0.05) is 6.92 Å². The maximum absolute atomic E-state index is 13.7. The third kappa shape index (κ3) is 3.32. The largest absolute Gasteiger partial charge is 0.489 e. The fourth-order valence-corrected chi connectivity index (χ4v) is 4.05. The summed E-state index contributed by atoms with van der Waals surface area (Å²) in [6.07, 6.45) is -8.33. The molecule has 0 atom stereocenters. The minimum atomic E-state index is -5.11. The van der Waals surface area contributed by atoms with Crippen molar-refractivity contribution < 1.29 is 34.8 Å². The van der Waals surface area contributed by atoms with Gasteiger partial charge >= 0.3 is 12.5 Å². The molecule has 5 nitrogen and oxygen atoms in total. The lowest BCUT2D eigenvalue weighted by molar-refractivity contribution is -0.199. The minimum absolute atomic E-state index is 0.172. The summed E-state index contributed by atoms with van der Waals surface area (Å²) in [6.45, 7) is 1.09. The molecule has 0 aromatic carbocycles. The van der Waals surface area contributed by atoms with Crippen molar-refractivity contribution in [2.75, 3.05) is 5.75 Å². The van der Waals surface area contributed by atoms with Crippen molar-refractivity contribution in [3.8, 4) is 11.4 Å². The fraction of sp³-hybridized carbons (Fsp3) is 0.250. The topological polar surface area (TPSA) is 64.8 Å². The van der Waals surface area contributed by atoms with Gasteiger partial charge < -0.3 is 0 Å². The number of sulfone groups is 1. The molecule has 0 saturated heterocycles. The van der Waals surface area contributed by atoms with Gasteiger partial charge in [0.15, 0.2) is 9.84 Å². The number of rotatable bonds is 3. The van der Waals surface area contributed by atoms with Crippen LogP contribution in [0.2, 0.25) is 0 Å². The number of nitrogens with zero attached hydrogens (tertiary/aromatic N) is 3. The van der Waals surface area contributed by atoms with E-state index in [0.717, 1.165) is 19.1 Å². The Balaban J connectivity index is 2.50. The maximum Gasteiger partial charge on any atom is 0.489 e. The molecule has 3 rings (SSSR count). The zero-order chi connectivity index (χ0) is 20.9. The van der Waals surface area contributed by atoms with Gasteiger partial charge in [-0.3, -0.25) is 9.97 Å². The number of pyridine rings is 2. The van der Waals surface area contributed by atoms with Crippen molar-refractivity contribution in [1.29, 1.82) is 0 Å². The molecule has 0 radical (unpaired) electrons. The summed E-state index contributed by atoms with van der Waals surface area (Å²) < 4.78 is 106. The van der Waals surface area contributed by atoms with Gasteiger partial charge in [0.25, 0.3) is 0 Å². The molecule has 3 heterocycles. The van der Waals surface area contributed by atoms with Crippen molar-refractivity contribution in [2.24, 2.45) is 0 Å². The molecule has 3 aromatic rings. The fourth-order valence-electron chi connectivity index (χ4n) is 2.79. The number of halogens is 6. The second-order valence-electron chi connectivity index (χ2n) is 5.68. The lowest BCUT2D eigenvalue weighted by atomic mass is 10.2. The first kappa shape index (κ1) is 20.1. The highest BCUT2D eigenvalue weighted by Crippen LogP contribution is 2.42. The summed E-state index contributed by atoms with van der Waals surface area (Å²) in [6, 6.07) is 3.57. The highest BCUT2D eigenvalue weighted by atomic mass is 32.2. The number of fused-ring (bicyclic) bond motifs is 1. The average molecular weight is 423 g/mol. The zero-order valence-electron chi connectivity index (χ0n) is 14.0. The molecule has 12 heteroatoms. The second-order valence-corrected chi connectivity index (χ2v) is 7.89. The Kier molecular flexibility index (Phi) is 4.64. The molecule has 0 aliphatic carbocycles. The van der Waals surface area contributed by atoms with E-state index in [9.17, 15) is 34.8 Å². The molecule has 0 N–H and O–H groups in total. The van der Waals surface area contributed by atoms with E-state index in [2.05, 4.69) is 9.97 Å². The molecule has 0 amide bonds. The van der Waals surface area contributed by atoms with E-state index in [0.29, 0.717) is 12.3 Å². The van der Waals surface area contributed by atoms with Crippen LogP contribution in [0.3, 0.4) is 0 Å². The smallest absolute Gasteiger partial charge is 0.255 e. The lowest BCUT2D eigenvalue weighted by Crippen LogP contribution is -2.21. The Hall–Kier alpha value is -2.63. The Bertz CT molecular complexity index is 1150. The zero-order valence-corrected chi connectivity index (χ0v) is 14.8. The van der Waals surface area contributed by atoms with Gasteiger partial charge in [0, 0.05) is 12.4 Å². The van der Waals surface area contributed by atoms with Crippen LogP contribution in [0.1, 0.15) is 12.5 Å². The molecule has 0 aliphatic heterocycles. The van der Waals surface area contributed by atoms with Crippen LogP contribution >= 0.6 is 0 Å². The summed E-state index contributed by atoms with van der Waals surface area (Å²) in [7, 11) is -4.57. The van der Waals surface area contributed by atoms with Gasteiger partial charge in [-0.2, -0.15) is 13.2 Å². The summed E-state index contributed by atoms with van der Waals surface area (Å²) >= 11 is 0. The van der Waals surface area contributed by atoms with Crippen LogP contribution in [0, 0.1) is 0 Å². The first-order chi connectivity index (χ1) is 12.9. The van der Waals surface area contributed by atoms with E-state index >= 15 is 0 Å². The maximum atomic E-state index is 13.7. The third-order valence-corrected chi connectivity index (χ3v) is 5.76. The normalized spacial score (nSPS) is 13.2. The number of hydrogen-bond donors (Lipinski definition) is 0. The Labute approximate surface area is 154 Å². The van der Waals surface area contributed by atoms with Crippen LogP contribution in [0.15, 0.2) is 41.6 Å². The first-order valence-corrected chi connectivity index (χ1v) is 9.36. The van der Waals surface area contributed by atoms with Crippen molar-refractivity contribution >= 4 is 20.9 Å². The molecular weight excluding hydrogens is 412 g/mol. The third-order valence-electron chi connectivity index (χ3n) is 3.97. The number of alkyl halides is 6. The van der Waals surface area contributed by atoms with E-state index in [1.807, 2.05) is 0 Å². The van der Waals surface area contributed by atoms with E-state index < -0.39 is 55.4 Å². The predicted molar refractivity (Wildman–Crippen MR) is 87.0 cm³/mol. The van der Waals surface area contributed by atoms with Gasteiger partial charge in [-0.15, -0.1) is 13.2 Å². The van der Waals surface area contributed by atoms with Crippen molar-refractivity contribution in [1.82, 2.24) is 14.5 Å². The van der Waals surface area contributed by atoms with Gasteiger partial charge in [-0.05, 0) is 24.3 Å². The van der Waals surface area contributed by atoms with E-state index in [-0.39, 0.29) is 10.1 Å². The molecule has 0 saturated carbocycles. The van der Waals surface area contributed by atoms with Crippen molar-refractivity contribution in [2.45, 2.75) is 24.3 Å². The van der Waals surface area contributed by atoms with Gasteiger partial charge in [0.2, 0.25) is 0 Å². The van der Waals surface area contributed by atoms with E-state index in [1.54, 1.807) is 0 Å². The van der Waals surface area contributed by atoms with Gasteiger partial charge in [0.1, 0.15) is 10.6 Å². The molecule has 0 fully saturated rings. The molecule has 150 valence electrons. The molecule has 0 spiro atoms. The van der Waals surface area contributed by atoms with Crippen molar-refractivity contribution in [3.63, 3.8) is 0 Å². The lowest BCUT2D eigenvalue weighted by Gasteiger charge is -2.18. The Morgan fingerprint density at radius 3 is 2.29 bits per heavy atom. The summed E-state index contributed by atoms with van der Waals surface area (Å²) in [5, 5.41) is 0. The summed E-state index contributed by atoms with van der Waals surface area (Å²) in [5.41, 5.74) is -3.98. The van der Waals surface area contributed by atoms with Crippen LogP contribution in [0.5, 0.6) is 0 Å². The standard InChI is InChI=1S/C16H11F6N3O2S/c1-2-28(26,27)14-9(15(17,18)19)5-7-24-13(14)12-8-10-11(4-3-6-23-10)25(12)16(20,21)22/h3-8H,2H2,1H3. The molecule has 3 aromatic heterocycles. The average Bonchev–Trinajstić information content (AvgIpc) is 3.00. The predicted octanol–water partition coefficient (Wildman–Crippen LogP) is 4.39. The van der Waals surface area contributed by atoms with Crippen LogP contribution in [-0.2, 0) is 22.3 Å². The SMILES string of the molecule is CCS(=O)(=O)c1c(C(F)(F)F)ccnc1-c1cc2ncccc2n1C(F)(F)F. The van der Waals surface area contributed by atoms with Crippen LogP contribution in [-0.4, -0.2) is 28.7 Å². The molecular formula is C16H11F6N3O2S. The summed E-state index contributed by atoms with van der Waals surface area (Å²) in [5.74, 6) is -0.751. The Morgan fingerprint density at radius 1 is 1.04 bits per heavy atom. The second kappa shape index (κ2) is 6.47. The first-order valence-electron chi connectivity index (χ1n) is 7.71. The summed E-state index contributed by atoms with van der Waals surface area (Å²) in [4.78, 5) is 6.05. The number of hydrogen-bond acceptors (Lipinski definition) is 4.